The number of nitrogens with zero attached hydrogens (tertiary/aromatic N) is 1. The van der Waals surface area contributed by atoms with Gasteiger partial charge in [-0.1, -0.05) is 13.8 Å². The van der Waals surface area contributed by atoms with Gasteiger partial charge >= 0.3 is 0 Å². The monoisotopic (exact) mass is 300 g/mol. The van der Waals surface area contributed by atoms with E-state index in [1.54, 1.807) is 6.92 Å². The third kappa shape index (κ3) is 3.39. The lowest BCUT2D eigenvalue weighted by molar-refractivity contribution is 0.536. The standard InChI is InChI=1S/C13H24N4O2S/c1-4-14-8-12-13(10(3)15-16-12)20(18,19)17-11-6-5-9(2)7-11/h9,11,14,17H,4-8H2,1-3H3,(H,15,16). The van der Waals surface area contributed by atoms with Gasteiger partial charge in [-0.2, -0.15) is 5.10 Å². The summed E-state index contributed by atoms with van der Waals surface area (Å²) in [4.78, 5) is 0.304. The Morgan fingerprint density at radius 3 is 2.75 bits per heavy atom. The zero-order chi connectivity index (χ0) is 14.8. The van der Waals surface area contributed by atoms with Crippen LogP contribution in [0.15, 0.2) is 4.90 Å². The Labute approximate surface area is 120 Å². The fourth-order valence-electron chi connectivity index (χ4n) is 2.78. The summed E-state index contributed by atoms with van der Waals surface area (Å²) in [7, 11) is -3.50. The van der Waals surface area contributed by atoms with Crippen LogP contribution in [0.5, 0.6) is 0 Å². The Hall–Kier alpha value is -0.920. The van der Waals surface area contributed by atoms with Crippen molar-refractivity contribution in [2.45, 2.75) is 57.5 Å². The minimum Gasteiger partial charge on any atom is -0.311 e. The second-order valence-electron chi connectivity index (χ2n) is 5.64. The van der Waals surface area contributed by atoms with E-state index in [0.29, 0.717) is 28.7 Å². The molecule has 114 valence electrons. The minimum atomic E-state index is -3.50. The molecule has 3 N–H and O–H groups in total. The lowest BCUT2D eigenvalue weighted by atomic mass is 10.1. The van der Waals surface area contributed by atoms with Crippen LogP contribution in [0, 0.1) is 12.8 Å². The van der Waals surface area contributed by atoms with Crippen molar-refractivity contribution in [2.75, 3.05) is 6.54 Å². The number of aromatic nitrogens is 2. The van der Waals surface area contributed by atoms with Crippen LogP contribution in [0.2, 0.25) is 0 Å². The van der Waals surface area contributed by atoms with Crippen LogP contribution in [0.25, 0.3) is 0 Å². The maximum absolute atomic E-state index is 12.6. The summed E-state index contributed by atoms with van der Waals surface area (Å²) in [6.07, 6.45) is 2.92. The second kappa shape index (κ2) is 6.24. The minimum absolute atomic E-state index is 0.0521. The molecular weight excluding hydrogens is 276 g/mol. The van der Waals surface area contributed by atoms with Crippen LogP contribution in [0.4, 0.5) is 0 Å². The molecule has 2 unspecified atom stereocenters. The molecule has 1 aliphatic rings. The first-order valence-corrected chi connectivity index (χ1v) is 8.69. The van der Waals surface area contributed by atoms with E-state index >= 15 is 0 Å². The van der Waals surface area contributed by atoms with Crippen molar-refractivity contribution in [3.63, 3.8) is 0 Å². The van der Waals surface area contributed by atoms with Gasteiger partial charge in [0, 0.05) is 12.6 Å². The van der Waals surface area contributed by atoms with Crippen molar-refractivity contribution in [1.29, 1.82) is 0 Å². The predicted octanol–water partition coefficient (Wildman–Crippen LogP) is 1.29. The van der Waals surface area contributed by atoms with Crippen LogP contribution in [0.1, 0.15) is 44.5 Å². The zero-order valence-corrected chi connectivity index (χ0v) is 13.2. The predicted molar refractivity (Wildman–Crippen MR) is 77.8 cm³/mol. The first-order chi connectivity index (χ1) is 9.44. The molecular formula is C13H24N4O2S. The van der Waals surface area contributed by atoms with Crippen molar-refractivity contribution >= 4 is 10.0 Å². The van der Waals surface area contributed by atoms with Gasteiger partial charge in [-0.15, -0.1) is 0 Å². The van der Waals surface area contributed by atoms with Crippen molar-refractivity contribution in [3.8, 4) is 0 Å². The number of sulfonamides is 1. The Morgan fingerprint density at radius 2 is 2.15 bits per heavy atom. The first-order valence-electron chi connectivity index (χ1n) is 7.21. The van der Waals surface area contributed by atoms with E-state index in [0.717, 1.165) is 25.8 Å². The molecule has 1 saturated carbocycles. The van der Waals surface area contributed by atoms with Gasteiger partial charge in [0.25, 0.3) is 0 Å². The van der Waals surface area contributed by atoms with Crippen molar-refractivity contribution in [1.82, 2.24) is 20.2 Å². The van der Waals surface area contributed by atoms with E-state index in [9.17, 15) is 8.42 Å². The van der Waals surface area contributed by atoms with Crippen LogP contribution in [-0.2, 0) is 16.6 Å². The van der Waals surface area contributed by atoms with Gasteiger partial charge in [0.2, 0.25) is 10.0 Å². The molecule has 7 heteroatoms. The Bertz CT molecular complexity index is 553. The first kappa shape index (κ1) is 15.5. The third-order valence-corrected chi connectivity index (χ3v) is 5.51. The van der Waals surface area contributed by atoms with E-state index in [1.165, 1.54) is 0 Å². The lowest BCUT2D eigenvalue weighted by Gasteiger charge is -2.13. The summed E-state index contributed by atoms with van der Waals surface area (Å²) in [6, 6.07) is 0.0521. The largest absolute Gasteiger partial charge is 0.311 e. The SMILES string of the molecule is CCNCc1n[nH]c(C)c1S(=O)(=O)NC1CCC(C)C1. The summed E-state index contributed by atoms with van der Waals surface area (Å²) in [5.74, 6) is 0.592. The molecule has 20 heavy (non-hydrogen) atoms. The van der Waals surface area contributed by atoms with E-state index in [4.69, 9.17) is 0 Å². The molecule has 1 aliphatic carbocycles. The molecule has 2 rings (SSSR count). The highest BCUT2D eigenvalue weighted by Gasteiger charge is 2.30. The molecule has 2 atom stereocenters. The van der Waals surface area contributed by atoms with Crippen molar-refractivity contribution < 1.29 is 8.42 Å². The number of H-pyrrole nitrogens is 1. The molecule has 0 spiro atoms. The van der Waals surface area contributed by atoms with E-state index in [1.807, 2.05) is 6.92 Å². The Kier molecular flexibility index (Phi) is 4.82. The molecule has 1 heterocycles. The van der Waals surface area contributed by atoms with Gasteiger partial charge in [0.1, 0.15) is 4.90 Å². The fourth-order valence-corrected chi connectivity index (χ4v) is 4.43. The number of aromatic amines is 1. The topological polar surface area (TPSA) is 86.9 Å². The average Bonchev–Trinajstić information content (AvgIpc) is 2.93. The summed E-state index contributed by atoms with van der Waals surface area (Å²) >= 11 is 0. The summed E-state index contributed by atoms with van der Waals surface area (Å²) in [5.41, 5.74) is 1.15. The highest BCUT2D eigenvalue weighted by Crippen LogP contribution is 2.27. The van der Waals surface area contributed by atoms with E-state index in [2.05, 4.69) is 27.2 Å². The summed E-state index contributed by atoms with van der Waals surface area (Å²) in [6.45, 7) is 7.12. The van der Waals surface area contributed by atoms with Crippen molar-refractivity contribution in [2.24, 2.45) is 5.92 Å². The highest BCUT2D eigenvalue weighted by molar-refractivity contribution is 7.89. The van der Waals surface area contributed by atoms with E-state index in [-0.39, 0.29) is 6.04 Å². The van der Waals surface area contributed by atoms with Crippen LogP contribution in [0.3, 0.4) is 0 Å². The zero-order valence-electron chi connectivity index (χ0n) is 12.4. The average molecular weight is 300 g/mol. The quantitative estimate of drug-likeness (QED) is 0.739. The smallest absolute Gasteiger partial charge is 0.244 e. The number of rotatable bonds is 6. The maximum atomic E-state index is 12.6. The fraction of sp³-hybridized carbons (Fsp3) is 0.769. The van der Waals surface area contributed by atoms with Crippen LogP contribution < -0.4 is 10.0 Å². The molecule has 6 nitrogen and oxygen atoms in total. The Balaban J connectivity index is 2.18. The van der Waals surface area contributed by atoms with Crippen LogP contribution in [-0.4, -0.2) is 31.2 Å². The molecule has 0 saturated heterocycles. The van der Waals surface area contributed by atoms with Gasteiger partial charge in [-0.25, -0.2) is 13.1 Å². The van der Waals surface area contributed by atoms with Gasteiger partial charge in [0.15, 0.2) is 0 Å². The van der Waals surface area contributed by atoms with Crippen LogP contribution >= 0.6 is 0 Å². The molecule has 0 aliphatic heterocycles. The third-order valence-electron chi connectivity index (χ3n) is 3.79. The molecule has 1 aromatic heterocycles. The van der Waals surface area contributed by atoms with Gasteiger partial charge in [0.05, 0.1) is 11.4 Å². The summed E-state index contributed by atoms with van der Waals surface area (Å²) < 4.78 is 28.0. The number of nitrogens with one attached hydrogen (secondary N) is 3. The molecule has 0 bridgehead atoms. The van der Waals surface area contributed by atoms with Crippen molar-refractivity contribution in [3.05, 3.63) is 11.4 Å². The molecule has 0 radical (unpaired) electrons. The summed E-state index contributed by atoms with van der Waals surface area (Å²) in [5, 5.41) is 10.00. The maximum Gasteiger partial charge on any atom is 0.244 e. The molecule has 0 aromatic carbocycles. The number of aryl methyl sites for hydroxylation is 1. The molecule has 1 fully saturated rings. The Morgan fingerprint density at radius 1 is 1.40 bits per heavy atom. The lowest BCUT2D eigenvalue weighted by Crippen LogP contribution is -2.34. The molecule has 0 amide bonds. The van der Waals surface area contributed by atoms with Gasteiger partial charge < -0.3 is 5.32 Å². The van der Waals surface area contributed by atoms with Gasteiger partial charge in [-0.3, -0.25) is 5.10 Å². The normalized spacial score (nSPS) is 23.4. The highest BCUT2D eigenvalue weighted by atomic mass is 32.2. The number of hydrogen-bond donors (Lipinski definition) is 3. The number of hydrogen-bond acceptors (Lipinski definition) is 4. The van der Waals surface area contributed by atoms with Gasteiger partial charge in [-0.05, 0) is 38.6 Å². The second-order valence-corrected chi connectivity index (χ2v) is 7.29. The molecule has 1 aromatic rings. The van der Waals surface area contributed by atoms with E-state index < -0.39 is 10.0 Å².